The highest BCUT2D eigenvalue weighted by Crippen LogP contribution is 2.24. The van der Waals surface area contributed by atoms with Crippen molar-refractivity contribution in [2.75, 3.05) is 25.5 Å². The Hall–Kier alpha value is -2.77. The monoisotopic (exact) mass is 398 g/mol. The van der Waals surface area contributed by atoms with Crippen molar-refractivity contribution in [3.63, 3.8) is 0 Å². The molecule has 0 fully saturated rings. The minimum absolute atomic E-state index is 0.0886. The third kappa shape index (κ3) is 4.74. The molecule has 7 heteroatoms. The molecule has 1 heterocycles. The van der Waals surface area contributed by atoms with E-state index >= 15 is 0 Å². The van der Waals surface area contributed by atoms with Crippen molar-refractivity contribution >= 4 is 39.1 Å². The Balaban J connectivity index is 1.58. The van der Waals surface area contributed by atoms with Crippen LogP contribution in [0.5, 0.6) is 0 Å². The number of thiazole rings is 1. The molecule has 0 saturated heterocycles. The molecular weight excluding hydrogens is 374 g/mol. The number of esters is 1. The van der Waals surface area contributed by atoms with Crippen LogP contribution in [0.25, 0.3) is 10.2 Å². The van der Waals surface area contributed by atoms with Gasteiger partial charge in [-0.05, 0) is 50.2 Å². The van der Waals surface area contributed by atoms with Crippen molar-refractivity contribution in [1.29, 1.82) is 0 Å². The van der Waals surface area contributed by atoms with E-state index in [0.717, 1.165) is 20.1 Å². The molecule has 0 bridgehead atoms. The van der Waals surface area contributed by atoms with Gasteiger partial charge >= 0.3 is 5.97 Å². The number of fused-ring (bicyclic) bond motifs is 1. The highest BCUT2D eigenvalue weighted by Gasteiger charge is 2.22. The maximum Gasteiger partial charge on any atom is 0.338 e. The van der Waals surface area contributed by atoms with Crippen LogP contribution in [0.1, 0.15) is 35.3 Å². The third-order valence-corrected chi connectivity index (χ3v) is 5.76. The number of hydrogen-bond donors (Lipinski definition) is 2. The van der Waals surface area contributed by atoms with Crippen LogP contribution in [0.2, 0.25) is 0 Å². The van der Waals surface area contributed by atoms with E-state index in [1.165, 1.54) is 0 Å². The Labute approximate surface area is 168 Å². The summed E-state index contributed by atoms with van der Waals surface area (Å²) in [5.41, 5.74) is 2.11. The Bertz CT molecular complexity index is 935. The number of para-hydroxylation sites is 1. The van der Waals surface area contributed by atoms with Crippen LogP contribution in [-0.4, -0.2) is 37.1 Å². The van der Waals surface area contributed by atoms with Gasteiger partial charge in [0.2, 0.25) is 0 Å². The lowest BCUT2D eigenvalue weighted by atomic mass is 10.2. The standard InChI is InChI=1S/C21H23N3O3S/c1-4-27-21(26)15-9-11-16(12-10-15)22-19(25)13-24(3)14(2)20-23-17-7-5-6-8-18(17)28-20/h5-12,14H,4,13H2,1-3H3,(H,22,25)/p+1/t14-/m0/s1. The Morgan fingerprint density at radius 2 is 1.89 bits per heavy atom. The van der Waals surface area contributed by atoms with E-state index < -0.39 is 0 Å². The molecule has 1 aromatic heterocycles. The molecule has 2 atom stereocenters. The number of ether oxygens (including phenoxy) is 1. The lowest BCUT2D eigenvalue weighted by Crippen LogP contribution is -3.10. The minimum atomic E-state index is -0.366. The van der Waals surface area contributed by atoms with Gasteiger partial charge in [-0.1, -0.05) is 12.1 Å². The van der Waals surface area contributed by atoms with Gasteiger partial charge < -0.3 is 15.0 Å². The third-order valence-electron chi connectivity index (χ3n) is 4.54. The van der Waals surface area contributed by atoms with Crippen LogP contribution in [0, 0.1) is 0 Å². The molecule has 0 saturated carbocycles. The van der Waals surface area contributed by atoms with Gasteiger partial charge in [0.25, 0.3) is 5.91 Å². The molecule has 0 spiro atoms. The van der Waals surface area contributed by atoms with Gasteiger partial charge in [0, 0.05) is 5.69 Å². The number of nitrogens with zero attached hydrogens (tertiary/aromatic N) is 1. The second kappa shape index (κ2) is 8.95. The maximum atomic E-state index is 12.4. The van der Waals surface area contributed by atoms with E-state index in [0.29, 0.717) is 24.4 Å². The number of hydrogen-bond acceptors (Lipinski definition) is 5. The molecule has 2 N–H and O–H groups in total. The fourth-order valence-corrected chi connectivity index (χ4v) is 3.91. The summed E-state index contributed by atoms with van der Waals surface area (Å²) in [6.45, 7) is 4.49. The average Bonchev–Trinajstić information content (AvgIpc) is 3.12. The number of likely N-dealkylation sites (N-methyl/N-ethyl adjacent to an activating group) is 1. The number of anilines is 1. The quantitative estimate of drug-likeness (QED) is 0.600. The topological polar surface area (TPSA) is 72.7 Å². The number of nitrogens with one attached hydrogen (secondary N) is 2. The molecule has 2 aromatic carbocycles. The zero-order valence-corrected chi connectivity index (χ0v) is 17.0. The van der Waals surface area contributed by atoms with Crippen LogP contribution < -0.4 is 10.2 Å². The summed E-state index contributed by atoms with van der Waals surface area (Å²) in [5.74, 6) is -0.455. The lowest BCUT2D eigenvalue weighted by Gasteiger charge is -2.19. The fraction of sp³-hybridized carbons (Fsp3) is 0.286. The summed E-state index contributed by atoms with van der Waals surface area (Å²) in [6, 6.07) is 14.9. The van der Waals surface area contributed by atoms with E-state index in [1.54, 1.807) is 42.5 Å². The lowest BCUT2D eigenvalue weighted by molar-refractivity contribution is -0.902. The zero-order valence-electron chi connectivity index (χ0n) is 16.2. The molecule has 6 nitrogen and oxygen atoms in total. The molecule has 1 unspecified atom stereocenters. The van der Waals surface area contributed by atoms with E-state index in [-0.39, 0.29) is 17.9 Å². The van der Waals surface area contributed by atoms with Crippen LogP contribution in [-0.2, 0) is 9.53 Å². The molecule has 0 aliphatic carbocycles. The highest BCUT2D eigenvalue weighted by molar-refractivity contribution is 7.18. The molecule has 0 aliphatic rings. The van der Waals surface area contributed by atoms with Gasteiger partial charge in [-0.3, -0.25) is 4.79 Å². The summed E-state index contributed by atoms with van der Waals surface area (Å²) >= 11 is 1.67. The molecule has 3 aromatic rings. The molecule has 3 rings (SSSR count). The van der Waals surface area contributed by atoms with Gasteiger partial charge in [-0.25, -0.2) is 9.78 Å². The Kier molecular flexibility index (Phi) is 6.38. The van der Waals surface area contributed by atoms with E-state index in [1.807, 2.05) is 25.2 Å². The van der Waals surface area contributed by atoms with Crippen molar-refractivity contribution in [2.24, 2.45) is 0 Å². The van der Waals surface area contributed by atoms with E-state index in [2.05, 4.69) is 23.3 Å². The number of amides is 1. The van der Waals surface area contributed by atoms with Gasteiger partial charge in [0.1, 0.15) is 6.04 Å². The second-order valence-electron chi connectivity index (χ2n) is 6.61. The van der Waals surface area contributed by atoms with E-state index in [4.69, 9.17) is 4.74 Å². The summed E-state index contributed by atoms with van der Waals surface area (Å²) in [6.07, 6.45) is 0. The molecule has 0 radical (unpaired) electrons. The number of quaternary nitrogens is 1. The molecular formula is C21H24N3O3S+. The van der Waals surface area contributed by atoms with E-state index in [9.17, 15) is 9.59 Å². The first-order valence-corrected chi connectivity index (χ1v) is 10.0. The second-order valence-corrected chi connectivity index (χ2v) is 7.67. The van der Waals surface area contributed by atoms with Gasteiger partial charge in [0.15, 0.2) is 11.6 Å². The summed E-state index contributed by atoms with van der Waals surface area (Å²) in [5, 5.41) is 3.89. The maximum absolute atomic E-state index is 12.4. The highest BCUT2D eigenvalue weighted by atomic mass is 32.1. The number of benzene rings is 2. The van der Waals surface area contributed by atoms with Crippen LogP contribution >= 0.6 is 11.3 Å². The summed E-state index contributed by atoms with van der Waals surface area (Å²) in [4.78, 5) is 29.8. The smallest absolute Gasteiger partial charge is 0.338 e. The largest absolute Gasteiger partial charge is 0.462 e. The van der Waals surface area contributed by atoms with Crippen molar-refractivity contribution < 1.29 is 19.2 Å². The summed E-state index contributed by atoms with van der Waals surface area (Å²) < 4.78 is 6.11. The molecule has 0 aliphatic heterocycles. The SMILES string of the molecule is CCOC(=O)c1ccc(NC(=O)C[NH+](C)[C@@H](C)c2nc3ccccc3s2)cc1. The zero-order chi connectivity index (χ0) is 20.1. The predicted molar refractivity (Wildman–Crippen MR) is 111 cm³/mol. The molecule has 1 amide bonds. The first-order valence-electron chi connectivity index (χ1n) is 9.22. The van der Waals surface area contributed by atoms with Crippen molar-refractivity contribution in [3.05, 3.63) is 59.1 Å². The first-order chi connectivity index (χ1) is 13.5. The normalized spacial score (nSPS) is 13.1. The molecule has 146 valence electrons. The van der Waals surface area contributed by atoms with Crippen LogP contribution in [0.4, 0.5) is 5.69 Å². The number of carbonyl (C=O) groups is 2. The Morgan fingerprint density at radius 1 is 1.18 bits per heavy atom. The van der Waals surface area contributed by atoms with Crippen LogP contribution in [0.3, 0.4) is 0 Å². The van der Waals surface area contributed by atoms with Gasteiger partial charge in [0.05, 0.1) is 29.4 Å². The number of rotatable bonds is 7. The Morgan fingerprint density at radius 3 is 2.57 bits per heavy atom. The average molecular weight is 399 g/mol. The summed E-state index contributed by atoms with van der Waals surface area (Å²) in [7, 11) is 1.99. The van der Waals surface area contributed by atoms with Gasteiger partial charge in [-0.2, -0.15) is 0 Å². The molecule has 28 heavy (non-hydrogen) atoms. The predicted octanol–water partition coefficient (Wildman–Crippen LogP) is 2.69. The van der Waals surface area contributed by atoms with Crippen molar-refractivity contribution in [3.8, 4) is 0 Å². The van der Waals surface area contributed by atoms with Crippen molar-refractivity contribution in [1.82, 2.24) is 4.98 Å². The van der Waals surface area contributed by atoms with Crippen molar-refractivity contribution in [2.45, 2.75) is 19.9 Å². The number of carbonyl (C=O) groups excluding carboxylic acids is 2. The fourth-order valence-electron chi connectivity index (χ4n) is 2.80. The minimum Gasteiger partial charge on any atom is -0.462 e. The number of aromatic nitrogens is 1. The van der Waals surface area contributed by atoms with Crippen LogP contribution in [0.15, 0.2) is 48.5 Å². The first kappa shape index (κ1) is 20.0. The van der Waals surface area contributed by atoms with Gasteiger partial charge in [-0.15, -0.1) is 11.3 Å².